The fraction of sp³-hybridized carbons (Fsp3) is 0.462. The molecular formula is C13H18N2O2. The van der Waals surface area contributed by atoms with Crippen LogP contribution in [0.25, 0.3) is 0 Å². The molecule has 4 nitrogen and oxygen atoms in total. The molecule has 0 bridgehead atoms. The van der Waals surface area contributed by atoms with Crippen molar-refractivity contribution < 1.29 is 9.90 Å². The number of likely N-dealkylation sites (N-methyl/N-ethyl adjacent to an activating group) is 1. The van der Waals surface area contributed by atoms with Gasteiger partial charge in [-0.3, -0.25) is 9.69 Å². The monoisotopic (exact) mass is 234 g/mol. The van der Waals surface area contributed by atoms with Crippen LogP contribution in [0.15, 0.2) is 24.3 Å². The van der Waals surface area contributed by atoms with Crippen LogP contribution in [0.2, 0.25) is 0 Å². The highest BCUT2D eigenvalue weighted by Crippen LogP contribution is 2.25. The average Bonchev–Trinajstić information content (AvgIpc) is 2.72. The third kappa shape index (κ3) is 2.33. The molecule has 1 aromatic carbocycles. The van der Waals surface area contributed by atoms with Gasteiger partial charge in [0.2, 0.25) is 5.91 Å². The number of nitrogens with two attached hydrogens (primary N) is 1. The average molecular weight is 234 g/mol. The summed E-state index contributed by atoms with van der Waals surface area (Å²) in [5.74, 6) is -0.467. The van der Waals surface area contributed by atoms with Gasteiger partial charge in [-0.2, -0.15) is 0 Å². The Hall–Kier alpha value is -1.39. The zero-order valence-corrected chi connectivity index (χ0v) is 9.97. The molecule has 1 aliphatic carbocycles. The van der Waals surface area contributed by atoms with Crippen molar-refractivity contribution in [3.05, 3.63) is 35.4 Å². The van der Waals surface area contributed by atoms with Gasteiger partial charge in [0.25, 0.3) is 0 Å². The molecule has 0 radical (unpaired) electrons. The van der Waals surface area contributed by atoms with E-state index in [0.717, 1.165) is 12.8 Å². The van der Waals surface area contributed by atoms with Crippen molar-refractivity contribution in [2.75, 3.05) is 13.7 Å². The standard InChI is InChI=1S/C13H18N2O2/c1-15(12(8-16)13(14)17)11-6-9-4-2-3-5-10(9)7-11/h2-5,11-12,16H,6-8H2,1H3,(H2,14,17)/t12-/m1/s1. The molecule has 0 unspecified atom stereocenters. The van der Waals surface area contributed by atoms with Gasteiger partial charge in [-0.25, -0.2) is 0 Å². The summed E-state index contributed by atoms with van der Waals surface area (Å²) in [7, 11) is 1.85. The summed E-state index contributed by atoms with van der Waals surface area (Å²) < 4.78 is 0. The Labute approximate surface area is 101 Å². The summed E-state index contributed by atoms with van der Waals surface area (Å²) in [5.41, 5.74) is 7.93. The highest BCUT2D eigenvalue weighted by atomic mass is 16.3. The van der Waals surface area contributed by atoms with Gasteiger partial charge in [-0.05, 0) is 31.0 Å². The van der Waals surface area contributed by atoms with Gasteiger partial charge < -0.3 is 10.8 Å². The van der Waals surface area contributed by atoms with Gasteiger partial charge in [-0.15, -0.1) is 0 Å². The van der Waals surface area contributed by atoms with E-state index in [9.17, 15) is 9.90 Å². The predicted octanol–water partition coefficient (Wildman–Crippen LogP) is -0.0682. The molecule has 0 fully saturated rings. The third-order valence-corrected chi connectivity index (χ3v) is 3.60. The van der Waals surface area contributed by atoms with Gasteiger partial charge in [0, 0.05) is 6.04 Å². The van der Waals surface area contributed by atoms with Crippen LogP contribution in [0.5, 0.6) is 0 Å². The van der Waals surface area contributed by atoms with Gasteiger partial charge in [0.15, 0.2) is 0 Å². The maximum absolute atomic E-state index is 11.2. The van der Waals surface area contributed by atoms with E-state index >= 15 is 0 Å². The van der Waals surface area contributed by atoms with Crippen LogP contribution in [0.4, 0.5) is 0 Å². The quantitative estimate of drug-likeness (QED) is 0.766. The van der Waals surface area contributed by atoms with Crippen molar-refractivity contribution in [2.24, 2.45) is 5.73 Å². The molecule has 0 saturated heterocycles. The van der Waals surface area contributed by atoms with E-state index in [1.165, 1.54) is 11.1 Å². The molecule has 3 N–H and O–H groups in total. The maximum atomic E-state index is 11.2. The lowest BCUT2D eigenvalue weighted by atomic mass is 10.1. The van der Waals surface area contributed by atoms with Crippen LogP contribution in [-0.4, -0.2) is 41.7 Å². The van der Waals surface area contributed by atoms with Gasteiger partial charge in [0.1, 0.15) is 6.04 Å². The van der Waals surface area contributed by atoms with E-state index in [1.807, 2.05) is 24.1 Å². The number of primary amides is 1. The first-order valence-corrected chi connectivity index (χ1v) is 5.82. The van der Waals surface area contributed by atoms with Crippen molar-refractivity contribution in [1.29, 1.82) is 0 Å². The van der Waals surface area contributed by atoms with Crippen LogP contribution in [0, 0.1) is 0 Å². The summed E-state index contributed by atoms with van der Waals surface area (Å²) >= 11 is 0. The number of fused-ring (bicyclic) bond motifs is 1. The molecule has 1 amide bonds. The van der Waals surface area contributed by atoms with Crippen LogP contribution in [0.1, 0.15) is 11.1 Å². The Morgan fingerprint density at radius 1 is 1.47 bits per heavy atom. The van der Waals surface area contributed by atoms with Crippen LogP contribution < -0.4 is 5.73 Å². The fourth-order valence-electron chi connectivity index (χ4n) is 2.50. The van der Waals surface area contributed by atoms with Crippen molar-refractivity contribution in [1.82, 2.24) is 4.90 Å². The van der Waals surface area contributed by atoms with Gasteiger partial charge in [0.05, 0.1) is 6.61 Å². The topological polar surface area (TPSA) is 66.6 Å². The molecule has 1 aliphatic rings. The van der Waals surface area contributed by atoms with Crippen molar-refractivity contribution in [3.63, 3.8) is 0 Å². The fourth-order valence-corrected chi connectivity index (χ4v) is 2.50. The molecule has 0 spiro atoms. The molecule has 17 heavy (non-hydrogen) atoms. The number of carbonyl (C=O) groups is 1. The van der Waals surface area contributed by atoms with Crippen LogP contribution in [0.3, 0.4) is 0 Å². The lowest BCUT2D eigenvalue weighted by molar-refractivity contribution is -0.124. The summed E-state index contributed by atoms with van der Waals surface area (Å²) in [6.45, 7) is -0.224. The lowest BCUT2D eigenvalue weighted by Crippen LogP contribution is -2.50. The second-order valence-electron chi connectivity index (χ2n) is 4.60. The number of aliphatic hydroxyl groups excluding tert-OH is 1. The minimum Gasteiger partial charge on any atom is -0.394 e. The molecule has 92 valence electrons. The molecule has 0 heterocycles. The summed E-state index contributed by atoms with van der Waals surface area (Å²) in [6, 6.07) is 7.94. The van der Waals surface area contributed by atoms with Crippen molar-refractivity contribution in [3.8, 4) is 0 Å². The van der Waals surface area contributed by atoms with E-state index in [0.29, 0.717) is 0 Å². The SMILES string of the molecule is CN(C1Cc2ccccc2C1)[C@H](CO)C(N)=O. The molecule has 0 aliphatic heterocycles. The largest absolute Gasteiger partial charge is 0.394 e. The molecule has 1 atom stereocenters. The first-order chi connectivity index (χ1) is 8.13. The number of benzene rings is 1. The lowest BCUT2D eigenvalue weighted by Gasteiger charge is -2.29. The predicted molar refractivity (Wildman–Crippen MR) is 65.5 cm³/mol. The van der Waals surface area contributed by atoms with E-state index in [4.69, 9.17) is 5.73 Å². The first kappa shape index (κ1) is 12.1. The zero-order valence-electron chi connectivity index (χ0n) is 9.97. The van der Waals surface area contributed by atoms with E-state index in [1.54, 1.807) is 0 Å². The number of carbonyl (C=O) groups excluding carboxylic acids is 1. The van der Waals surface area contributed by atoms with Crippen molar-refractivity contribution >= 4 is 5.91 Å². The van der Waals surface area contributed by atoms with E-state index < -0.39 is 11.9 Å². The number of hydrogen-bond acceptors (Lipinski definition) is 3. The molecule has 2 rings (SSSR count). The number of rotatable bonds is 4. The zero-order chi connectivity index (χ0) is 12.4. The number of amides is 1. The highest BCUT2D eigenvalue weighted by molar-refractivity contribution is 5.80. The highest BCUT2D eigenvalue weighted by Gasteiger charge is 2.30. The van der Waals surface area contributed by atoms with Crippen LogP contribution in [-0.2, 0) is 17.6 Å². The Kier molecular flexibility index (Phi) is 3.45. The number of nitrogens with zero attached hydrogens (tertiary/aromatic N) is 1. The molecule has 0 aromatic heterocycles. The first-order valence-electron chi connectivity index (χ1n) is 5.82. The second kappa shape index (κ2) is 4.85. The Morgan fingerprint density at radius 2 is 2.00 bits per heavy atom. The molecule has 0 saturated carbocycles. The molecular weight excluding hydrogens is 216 g/mol. The number of hydrogen-bond donors (Lipinski definition) is 2. The van der Waals surface area contributed by atoms with Crippen molar-refractivity contribution in [2.45, 2.75) is 24.9 Å². The van der Waals surface area contributed by atoms with E-state index in [2.05, 4.69) is 12.1 Å². The minimum atomic E-state index is -0.589. The van der Waals surface area contributed by atoms with Gasteiger partial charge in [-0.1, -0.05) is 24.3 Å². The minimum absolute atomic E-state index is 0.224. The summed E-state index contributed by atoms with van der Waals surface area (Å²) in [6.07, 6.45) is 1.83. The smallest absolute Gasteiger partial charge is 0.237 e. The summed E-state index contributed by atoms with van der Waals surface area (Å²) in [5, 5.41) is 9.20. The Balaban J connectivity index is 2.09. The van der Waals surface area contributed by atoms with E-state index in [-0.39, 0.29) is 12.6 Å². The maximum Gasteiger partial charge on any atom is 0.237 e. The van der Waals surface area contributed by atoms with Gasteiger partial charge >= 0.3 is 0 Å². The number of aliphatic hydroxyl groups is 1. The second-order valence-corrected chi connectivity index (χ2v) is 4.60. The summed E-state index contributed by atoms with van der Waals surface area (Å²) in [4.78, 5) is 13.1. The Bertz CT molecular complexity index is 395. The Morgan fingerprint density at radius 3 is 2.41 bits per heavy atom. The normalized spacial score (nSPS) is 17.1. The molecule has 1 aromatic rings. The molecule has 4 heteroatoms. The van der Waals surface area contributed by atoms with Crippen LogP contribution >= 0.6 is 0 Å². The third-order valence-electron chi connectivity index (χ3n) is 3.60.